The molecule has 3 rings (SSSR count). The summed E-state index contributed by atoms with van der Waals surface area (Å²) in [6.45, 7) is 2.55. The van der Waals surface area contributed by atoms with E-state index in [4.69, 9.17) is 0 Å². The van der Waals surface area contributed by atoms with Crippen LogP contribution >= 0.6 is 0 Å². The van der Waals surface area contributed by atoms with Crippen LogP contribution in [0, 0.1) is 0 Å². The summed E-state index contributed by atoms with van der Waals surface area (Å²) in [7, 11) is 0. The summed E-state index contributed by atoms with van der Waals surface area (Å²) in [5, 5.41) is 9.57. The van der Waals surface area contributed by atoms with Crippen molar-refractivity contribution in [2.45, 2.75) is 19.3 Å². The number of likely N-dealkylation sites (N-methyl/N-ethyl adjacent to an activating group) is 1. The number of benzene rings is 2. The van der Waals surface area contributed by atoms with Crippen molar-refractivity contribution in [1.82, 2.24) is 0 Å². The predicted octanol–water partition coefficient (Wildman–Crippen LogP) is 3.09. The molecule has 0 radical (unpaired) electrons. The molecule has 1 aliphatic rings. The summed E-state index contributed by atoms with van der Waals surface area (Å²) in [4.78, 5) is 14.4. The van der Waals surface area contributed by atoms with Gasteiger partial charge in [0.25, 0.3) is 0 Å². The molecule has 0 aliphatic heterocycles. The van der Waals surface area contributed by atoms with Crippen molar-refractivity contribution in [2.75, 3.05) is 11.4 Å². The van der Waals surface area contributed by atoms with E-state index in [1.165, 1.54) is 5.56 Å². The fourth-order valence-corrected chi connectivity index (χ4v) is 2.79. The van der Waals surface area contributed by atoms with Crippen LogP contribution in [0.3, 0.4) is 0 Å². The molecule has 2 aromatic carbocycles. The minimum Gasteiger partial charge on any atom is -0.508 e. The Labute approximate surface area is 118 Å². The lowest BCUT2D eigenvalue weighted by atomic mass is 9.77. The average Bonchev–Trinajstić information content (AvgIpc) is 2.41. The van der Waals surface area contributed by atoms with Crippen molar-refractivity contribution in [2.24, 2.45) is 0 Å². The molecule has 0 aromatic heterocycles. The van der Waals surface area contributed by atoms with Crippen LogP contribution in [0.25, 0.3) is 0 Å². The van der Waals surface area contributed by atoms with E-state index in [0.29, 0.717) is 6.54 Å². The van der Waals surface area contributed by atoms with Crippen LogP contribution in [0.15, 0.2) is 48.5 Å². The molecular weight excluding hydrogens is 250 g/mol. The van der Waals surface area contributed by atoms with Crippen molar-refractivity contribution < 1.29 is 9.90 Å². The summed E-state index contributed by atoms with van der Waals surface area (Å²) in [5.74, 6) is 0.244. The zero-order chi connectivity index (χ0) is 14.1. The Morgan fingerprint density at radius 2 is 2.05 bits per heavy atom. The molecule has 1 unspecified atom stereocenters. The van der Waals surface area contributed by atoms with E-state index in [0.717, 1.165) is 17.7 Å². The van der Waals surface area contributed by atoms with Gasteiger partial charge in [-0.05, 0) is 36.6 Å². The Hall–Kier alpha value is -2.29. The van der Waals surface area contributed by atoms with Crippen LogP contribution in [0.4, 0.5) is 5.69 Å². The molecule has 3 nitrogen and oxygen atoms in total. The zero-order valence-electron chi connectivity index (χ0n) is 11.4. The van der Waals surface area contributed by atoms with E-state index in [1.54, 1.807) is 23.1 Å². The lowest BCUT2D eigenvalue weighted by Gasteiger charge is -2.33. The van der Waals surface area contributed by atoms with Gasteiger partial charge in [-0.2, -0.15) is 0 Å². The molecule has 1 aliphatic carbocycles. The van der Waals surface area contributed by atoms with E-state index < -0.39 is 0 Å². The number of amides is 1. The Balaban J connectivity index is 1.86. The van der Waals surface area contributed by atoms with Crippen LogP contribution in [0.2, 0.25) is 0 Å². The summed E-state index contributed by atoms with van der Waals surface area (Å²) in [6.07, 6.45) is 0.810. The van der Waals surface area contributed by atoms with Gasteiger partial charge in [0, 0.05) is 18.3 Å². The number of carbonyl (C=O) groups excluding carboxylic acids is 1. The van der Waals surface area contributed by atoms with E-state index in [2.05, 4.69) is 6.07 Å². The third-order valence-electron chi connectivity index (χ3n) is 3.88. The Morgan fingerprint density at radius 3 is 2.75 bits per heavy atom. The minimum absolute atomic E-state index is 0.0477. The SMILES string of the molecule is CCN(C(=O)C1Cc2ccccc21)c1cccc(O)c1. The monoisotopic (exact) mass is 267 g/mol. The largest absolute Gasteiger partial charge is 0.508 e. The maximum absolute atomic E-state index is 12.7. The van der Waals surface area contributed by atoms with Crippen LogP contribution in [0.5, 0.6) is 5.75 Å². The van der Waals surface area contributed by atoms with Crippen molar-refractivity contribution in [3.63, 3.8) is 0 Å². The van der Waals surface area contributed by atoms with Gasteiger partial charge in [0.1, 0.15) is 5.75 Å². The second kappa shape index (κ2) is 5.00. The zero-order valence-corrected chi connectivity index (χ0v) is 11.4. The third kappa shape index (κ3) is 2.05. The number of hydrogen-bond donors (Lipinski definition) is 1. The molecule has 0 spiro atoms. The van der Waals surface area contributed by atoms with Crippen LogP contribution < -0.4 is 4.90 Å². The molecule has 0 heterocycles. The predicted molar refractivity (Wildman–Crippen MR) is 79.0 cm³/mol. The second-order valence-corrected chi connectivity index (χ2v) is 5.06. The smallest absolute Gasteiger partial charge is 0.234 e. The first-order valence-electron chi connectivity index (χ1n) is 6.89. The van der Waals surface area contributed by atoms with Crippen molar-refractivity contribution in [3.8, 4) is 5.75 Å². The van der Waals surface area contributed by atoms with Gasteiger partial charge in [0.05, 0.1) is 5.92 Å². The number of rotatable bonds is 3. The van der Waals surface area contributed by atoms with E-state index in [-0.39, 0.29) is 17.6 Å². The van der Waals surface area contributed by atoms with E-state index in [1.807, 2.05) is 31.2 Å². The fourth-order valence-electron chi connectivity index (χ4n) is 2.79. The Bertz CT molecular complexity index is 651. The molecule has 102 valence electrons. The van der Waals surface area contributed by atoms with Gasteiger partial charge >= 0.3 is 0 Å². The van der Waals surface area contributed by atoms with Gasteiger partial charge in [-0.15, -0.1) is 0 Å². The molecule has 1 N–H and O–H groups in total. The van der Waals surface area contributed by atoms with Crippen molar-refractivity contribution in [1.29, 1.82) is 0 Å². The molecule has 1 atom stereocenters. The minimum atomic E-state index is -0.0477. The number of nitrogens with zero attached hydrogens (tertiary/aromatic N) is 1. The Kier molecular flexibility index (Phi) is 3.18. The molecular formula is C17H17NO2. The Morgan fingerprint density at radius 1 is 1.25 bits per heavy atom. The maximum atomic E-state index is 12.7. The first-order chi connectivity index (χ1) is 9.70. The van der Waals surface area contributed by atoms with E-state index in [9.17, 15) is 9.90 Å². The lowest BCUT2D eigenvalue weighted by Crippen LogP contribution is -2.39. The van der Waals surface area contributed by atoms with Gasteiger partial charge in [-0.25, -0.2) is 0 Å². The normalized spacial score (nSPS) is 16.1. The first-order valence-corrected chi connectivity index (χ1v) is 6.89. The van der Waals surface area contributed by atoms with Crippen LogP contribution in [-0.4, -0.2) is 17.6 Å². The second-order valence-electron chi connectivity index (χ2n) is 5.06. The fraction of sp³-hybridized carbons (Fsp3) is 0.235. The number of aromatic hydroxyl groups is 1. The molecule has 0 saturated carbocycles. The maximum Gasteiger partial charge on any atom is 0.234 e. The highest BCUT2D eigenvalue weighted by Gasteiger charge is 2.34. The molecule has 20 heavy (non-hydrogen) atoms. The molecule has 0 saturated heterocycles. The summed E-state index contributed by atoms with van der Waals surface area (Å²) >= 11 is 0. The number of hydrogen-bond acceptors (Lipinski definition) is 2. The van der Waals surface area contributed by atoms with E-state index >= 15 is 0 Å². The molecule has 3 heteroatoms. The van der Waals surface area contributed by atoms with Gasteiger partial charge in [0.2, 0.25) is 5.91 Å². The number of anilines is 1. The summed E-state index contributed by atoms with van der Waals surface area (Å²) in [5.41, 5.74) is 3.15. The molecule has 1 amide bonds. The van der Waals surface area contributed by atoms with Crippen molar-refractivity contribution in [3.05, 3.63) is 59.7 Å². The average molecular weight is 267 g/mol. The van der Waals surface area contributed by atoms with Gasteiger partial charge in [-0.1, -0.05) is 30.3 Å². The quantitative estimate of drug-likeness (QED) is 0.928. The molecule has 0 fully saturated rings. The van der Waals surface area contributed by atoms with Gasteiger partial charge < -0.3 is 10.0 Å². The number of phenolic OH excluding ortho intramolecular Hbond substituents is 1. The molecule has 2 aromatic rings. The highest BCUT2D eigenvalue weighted by molar-refractivity contribution is 5.99. The summed E-state index contributed by atoms with van der Waals surface area (Å²) in [6, 6.07) is 14.9. The first kappa shape index (κ1) is 12.7. The lowest BCUT2D eigenvalue weighted by molar-refractivity contribution is -0.120. The summed E-state index contributed by atoms with van der Waals surface area (Å²) < 4.78 is 0. The highest BCUT2D eigenvalue weighted by atomic mass is 16.3. The third-order valence-corrected chi connectivity index (χ3v) is 3.88. The topological polar surface area (TPSA) is 40.5 Å². The standard InChI is InChI=1S/C17H17NO2/c1-2-18(13-7-5-8-14(19)11-13)17(20)16-10-12-6-3-4-9-15(12)16/h3-9,11,16,19H,2,10H2,1H3. The van der Waals surface area contributed by atoms with Crippen LogP contribution in [0.1, 0.15) is 24.0 Å². The van der Waals surface area contributed by atoms with Crippen molar-refractivity contribution >= 4 is 11.6 Å². The molecule has 0 bridgehead atoms. The number of carbonyl (C=O) groups is 1. The van der Waals surface area contributed by atoms with Gasteiger partial charge in [-0.3, -0.25) is 4.79 Å². The van der Waals surface area contributed by atoms with Crippen LogP contribution in [-0.2, 0) is 11.2 Å². The number of phenols is 1. The number of fused-ring (bicyclic) bond motifs is 1. The van der Waals surface area contributed by atoms with Gasteiger partial charge in [0.15, 0.2) is 0 Å². The highest BCUT2D eigenvalue weighted by Crippen LogP contribution is 2.37.